The van der Waals surface area contributed by atoms with Gasteiger partial charge in [0.2, 0.25) is 0 Å². The van der Waals surface area contributed by atoms with Crippen LogP contribution < -0.4 is 5.32 Å². The van der Waals surface area contributed by atoms with Gasteiger partial charge >= 0.3 is 0 Å². The van der Waals surface area contributed by atoms with Gasteiger partial charge in [-0.1, -0.05) is 0 Å². The quantitative estimate of drug-likeness (QED) is 0.459. The first-order valence-electron chi connectivity index (χ1n) is 2.31. The van der Waals surface area contributed by atoms with E-state index in [2.05, 4.69) is 7.05 Å². The molecule has 2 nitrogen and oxygen atoms in total. The van der Waals surface area contributed by atoms with Crippen molar-refractivity contribution in [3.63, 3.8) is 0 Å². The molecule has 0 radical (unpaired) electrons. The van der Waals surface area contributed by atoms with Crippen LogP contribution >= 0.6 is 0 Å². The summed E-state index contributed by atoms with van der Waals surface area (Å²) >= 11 is 0. The Morgan fingerprint density at radius 3 is 2.29 bits per heavy atom. The molecule has 1 unspecified atom stereocenters. The van der Waals surface area contributed by atoms with Crippen LogP contribution in [0, 0.1) is 7.05 Å². The molecular formula is C5H11NO. The summed E-state index contributed by atoms with van der Waals surface area (Å²) in [6.07, 6.45) is 0. The van der Waals surface area contributed by atoms with Crippen LogP contribution in [0.2, 0.25) is 0 Å². The second-order valence-electron chi connectivity index (χ2n) is 1.64. The number of ketones is 1. The van der Waals surface area contributed by atoms with E-state index in [-0.39, 0.29) is 11.8 Å². The summed E-state index contributed by atoms with van der Waals surface area (Å²) in [5.74, 6) is 0.176. The zero-order valence-electron chi connectivity index (χ0n) is 4.77. The average Bonchev–Trinajstić information content (AvgIpc) is 1.65. The van der Waals surface area contributed by atoms with E-state index in [1.54, 1.807) is 12.2 Å². The van der Waals surface area contributed by atoms with Crippen molar-refractivity contribution in [3.8, 4) is 0 Å². The van der Waals surface area contributed by atoms with E-state index < -0.39 is 0 Å². The third kappa shape index (κ3) is 2.34. The van der Waals surface area contributed by atoms with Crippen LogP contribution in [0.3, 0.4) is 0 Å². The van der Waals surface area contributed by atoms with Gasteiger partial charge in [-0.25, -0.2) is 0 Å². The second-order valence-corrected chi connectivity index (χ2v) is 1.64. The number of hydrogen-bond donors (Lipinski definition) is 1. The molecular weight excluding hydrogens is 90.1 g/mol. The monoisotopic (exact) mass is 101 g/mol. The summed E-state index contributed by atoms with van der Waals surface area (Å²) in [6, 6.07) is 0.0278. The van der Waals surface area contributed by atoms with Crippen molar-refractivity contribution in [3.05, 3.63) is 7.05 Å². The van der Waals surface area contributed by atoms with Crippen LogP contribution in [0.5, 0.6) is 0 Å². The average molecular weight is 101 g/mol. The van der Waals surface area contributed by atoms with Crippen molar-refractivity contribution in [1.29, 1.82) is 0 Å². The molecule has 0 saturated carbocycles. The number of Topliss-reactive ketones (excluding diaryl/α,β-unsaturated/α-hetero) is 1. The smallest absolute Gasteiger partial charge is 0.184 e. The summed E-state index contributed by atoms with van der Waals surface area (Å²) in [6.45, 7) is 3.39. The first kappa shape index (κ1) is 6.63. The maximum absolute atomic E-state index is 10.3. The standard InChI is InChI=1S/C5H11NO/c1-4(6-3)5(2)7/h4H,3,6H2,1-2H3. The topological polar surface area (TPSA) is 33.7 Å². The summed E-state index contributed by atoms with van der Waals surface area (Å²) in [5, 5.41) is 1.64. The lowest BCUT2D eigenvalue weighted by molar-refractivity contribution is -0.616. The Morgan fingerprint density at radius 2 is 2.29 bits per heavy atom. The highest BCUT2D eigenvalue weighted by atomic mass is 16.1. The molecule has 0 heterocycles. The summed E-state index contributed by atoms with van der Waals surface area (Å²) in [7, 11) is 3.46. The largest absolute Gasteiger partial charge is 0.470 e. The fraction of sp³-hybridized carbons (Fsp3) is 0.600. The maximum atomic E-state index is 10.3. The number of hydrogen-bond acceptors (Lipinski definition) is 1. The lowest BCUT2D eigenvalue weighted by Crippen LogP contribution is -2.84. The molecule has 2 N–H and O–H groups in total. The Hall–Kier alpha value is -0.370. The minimum absolute atomic E-state index is 0.0278. The molecule has 0 aliphatic heterocycles. The van der Waals surface area contributed by atoms with E-state index >= 15 is 0 Å². The predicted octanol–water partition coefficient (Wildman–Crippen LogP) is -0.681. The summed E-state index contributed by atoms with van der Waals surface area (Å²) in [4.78, 5) is 10.3. The Morgan fingerprint density at radius 1 is 1.86 bits per heavy atom. The predicted molar refractivity (Wildman–Crippen MR) is 27.4 cm³/mol. The lowest BCUT2D eigenvalue weighted by atomic mass is 10.2. The van der Waals surface area contributed by atoms with Gasteiger partial charge < -0.3 is 5.32 Å². The van der Waals surface area contributed by atoms with Gasteiger partial charge in [-0.3, -0.25) is 4.79 Å². The molecule has 42 valence electrons. The second kappa shape index (κ2) is 2.75. The normalized spacial score (nSPS) is 13.6. The van der Waals surface area contributed by atoms with Crippen molar-refractivity contribution in [2.24, 2.45) is 0 Å². The third-order valence-corrected chi connectivity index (χ3v) is 0.995. The molecule has 0 bridgehead atoms. The first-order valence-corrected chi connectivity index (χ1v) is 2.31. The van der Waals surface area contributed by atoms with Gasteiger partial charge in [0.1, 0.15) is 6.04 Å². The van der Waals surface area contributed by atoms with E-state index in [0.717, 1.165) is 0 Å². The zero-order chi connectivity index (χ0) is 5.86. The van der Waals surface area contributed by atoms with Crippen molar-refractivity contribution in [1.82, 2.24) is 0 Å². The fourth-order valence-corrected chi connectivity index (χ4v) is 0.166. The van der Waals surface area contributed by atoms with Gasteiger partial charge in [0.05, 0.1) is 0 Å². The molecule has 2 heteroatoms. The van der Waals surface area contributed by atoms with Crippen molar-refractivity contribution in [2.75, 3.05) is 0 Å². The molecule has 0 fully saturated rings. The van der Waals surface area contributed by atoms with Crippen LogP contribution in [0.15, 0.2) is 0 Å². The van der Waals surface area contributed by atoms with Crippen molar-refractivity contribution in [2.45, 2.75) is 19.9 Å². The van der Waals surface area contributed by atoms with Gasteiger partial charge in [0.15, 0.2) is 5.78 Å². The molecule has 0 saturated heterocycles. The van der Waals surface area contributed by atoms with E-state index in [1.807, 2.05) is 6.92 Å². The van der Waals surface area contributed by atoms with Gasteiger partial charge in [-0.05, 0) is 6.92 Å². The Labute approximate surface area is 43.9 Å². The summed E-state index contributed by atoms with van der Waals surface area (Å²) in [5.41, 5.74) is 0. The maximum Gasteiger partial charge on any atom is 0.184 e. The zero-order valence-corrected chi connectivity index (χ0v) is 4.77. The van der Waals surface area contributed by atoms with Crippen LogP contribution in [0.1, 0.15) is 13.8 Å². The van der Waals surface area contributed by atoms with Crippen molar-refractivity contribution >= 4 is 5.78 Å². The lowest BCUT2D eigenvalue weighted by Gasteiger charge is -2.03. The van der Waals surface area contributed by atoms with Gasteiger partial charge in [-0.15, -0.1) is 0 Å². The van der Waals surface area contributed by atoms with Gasteiger partial charge in [0.25, 0.3) is 0 Å². The van der Waals surface area contributed by atoms with E-state index in [9.17, 15) is 4.79 Å². The van der Waals surface area contributed by atoms with Gasteiger partial charge in [0, 0.05) is 6.92 Å². The highest BCUT2D eigenvalue weighted by molar-refractivity contribution is 5.79. The SMILES string of the molecule is [CH2-][NH2+]C(C)C(C)=O. The minimum Gasteiger partial charge on any atom is -0.470 e. The third-order valence-electron chi connectivity index (χ3n) is 0.995. The minimum atomic E-state index is 0.0278. The molecule has 7 heavy (non-hydrogen) atoms. The highest BCUT2D eigenvalue weighted by Crippen LogP contribution is 1.70. The number of quaternary nitrogens is 1. The Bertz CT molecular complexity index is 70.5. The van der Waals surface area contributed by atoms with Crippen molar-refractivity contribution < 1.29 is 10.1 Å². The number of nitrogens with two attached hydrogens (primary N) is 1. The van der Waals surface area contributed by atoms with Gasteiger partial charge in [-0.2, -0.15) is 7.05 Å². The van der Waals surface area contributed by atoms with Crippen LogP contribution in [0.4, 0.5) is 0 Å². The fourth-order valence-electron chi connectivity index (χ4n) is 0.166. The summed E-state index contributed by atoms with van der Waals surface area (Å²) < 4.78 is 0. The molecule has 0 aliphatic carbocycles. The Kier molecular flexibility index (Phi) is 2.60. The molecule has 0 aromatic heterocycles. The molecule has 1 atom stereocenters. The van der Waals surface area contributed by atoms with Crippen LogP contribution in [-0.4, -0.2) is 11.8 Å². The van der Waals surface area contributed by atoms with Crippen LogP contribution in [0.25, 0.3) is 0 Å². The molecule has 0 amide bonds. The molecule has 0 aliphatic rings. The number of carbonyl (C=O) groups is 1. The van der Waals surface area contributed by atoms with E-state index in [4.69, 9.17) is 0 Å². The Balaban J connectivity index is 3.34. The van der Waals surface area contributed by atoms with Crippen LogP contribution in [-0.2, 0) is 4.79 Å². The number of carbonyl (C=O) groups excluding carboxylic acids is 1. The molecule has 0 spiro atoms. The molecule has 0 aromatic rings. The molecule has 0 aromatic carbocycles. The van der Waals surface area contributed by atoms with E-state index in [0.29, 0.717) is 0 Å². The first-order chi connectivity index (χ1) is 3.18. The molecule has 0 rings (SSSR count). The number of rotatable bonds is 2. The highest BCUT2D eigenvalue weighted by Gasteiger charge is 2.01. The van der Waals surface area contributed by atoms with E-state index in [1.165, 1.54) is 0 Å².